The van der Waals surface area contributed by atoms with Crippen LogP contribution >= 0.6 is 0 Å². The van der Waals surface area contributed by atoms with Gasteiger partial charge in [-0.1, -0.05) is 0 Å². The van der Waals surface area contributed by atoms with E-state index in [2.05, 4.69) is 0 Å². The van der Waals surface area contributed by atoms with E-state index in [-0.39, 0.29) is 75.3 Å². The van der Waals surface area contributed by atoms with Gasteiger partial charge in [0.15, 0.2) is 0 Å². The summed E-state index contributed by atoms with van der Waals surface area (Å²) in [6, 6.07) is 0. The van der Waals surface area contributed by atoms with Gasteiger partial charge in [-0.3, -0.25) is 0 Å². The summed E-state index contributed by atoms with van der Waals surface area (Å²) in [5.41, 5.74) is 0. The summed E-state index contributed by atoms with van der Waals surface area (Å²) in [5.74, 6) is 0. The second kappa shape index (κ2) is 18.7. The smallest absolute Gasteiger partial charge is 2.00 e. The van der Waals surface area contributed by atoms with Gasteiger partial charge >= 0.3 is 69.8 Å². The summed E-state index contributed by atoms with van der Waals surface area (Å²) in [6.07, 6.45) is 0. The van der Waals surface area contributed by atoms with E-state index >= 15 is 0 Å². The van der Waals surface area contributed by atoms with Gasteiger partial charge in [0.2, 0.25) is 0 Å². The summed E-state index contributed by atoms with van der Waals surface area (Å²) in [6.45, 7) is 0. The van der Waals surface area contributed by atoms with E-state index in [0.717, 1.165) is 0 Å². The zero-order valence-electron chi connectivity index (χ0n) is 2.32. The Balaban J connectivity index is 0. The Bertz CT molecular complexity index is 8.00. The van der Waals surface area contributed by atoms with Crippen LogP contribution in [0.4, 0.5) is 0 Å². The van der Waals surface area contributed by atoms with Crippen LogP contribution in [0.2, 0.25) is 0 Å². The van der Waals surface area contributed by atoms with E-state index in [1.54, 1.807) is 0 Å². The maximum atomic E-state index is 0. The van der Waals surface area contributed by atoms with Gasteiger partial charge in [0.25, 0.3) is 0 Å². The molecule has 4 heteroatoms. The summed E-state index contributed by atoms with van der Waals surface area (Å²) >= 11 is 0. The molecule has 0 aromatic rings. The molecule has 0 rings (SSSR count). The summed E-state index contributed by atoms with van der Waals surface area (Å²) in [4.78, 5) is 0. The van der Waals surface area contributed by atoms with Crippen LogP contribution in [0.5, 0.6) is 0 Å². The number of hydrogen-bond acceptors (Lipinski definition) is 0. The molecule has 0 unspecified atom stereocenters. The second-order valence-corrected chi connectivity index (χ2v) is 0. The molecular weight excluding hydrogens is 358 g/mol. The predicted molar refractivity (Wildman–Crippen MR) is 12.2 cm³/mol. The van der Waals surface area contributed by atoms with Gasteiger partial charge in [-0.25, -0.2) is 0 Å². The van der Waals surface area contributed by atoms with Gasteiger partial charge in [0, 0.05) is 0 Å². The normalized spacial score (nSPS) is 0. The molecular formula is LiOPbTe+3. The zero-order valence-corrected chi connectivity index (χ0v) is 8.53. The molecule has 6 radical (unpaired) electrons. The predicted octanol–water partition coefficient (Wildman–Crippen LogP) is -3.88. The van der Waals surface area contributed by atoms with Crippen LogP contribution in [0.3, 0.4) is 0 Å². The first-order valence-corrected chi connectivity index (χ1v) is 0. The van der Waals surface area contributed by atoms with Crippen molar-refractivity contribution in [1.82, 2.24) is 0 Å². The first-order valence-electron chi connectivity index (χ1n) is 0. The number of hydrogen-bond donors (Lipinski definition) is 0. The monoisotopic (exact) mass is 361 g/mol. The molecule has 0 fully saturated rings. The van der Waals surface area contributed by atoms with Crippen molar-refractivity contribution < 1.29 is 24.3 Å². The van der Waals surface area contributed by atoms with Gasteiger partial charge < -0.3 is 5.48 Å². The third-order valence-corrected chi connectivity index (χ3v) is 0. The van der Waals surface area contributed by atoms with Crippen molar-refractivity contribution in [3.63, 3.8) is 0 Å². The van der Waals surface area contributed by atoms with Gasteiger partial charge in [-0.15, -0.1) is 0 Å². The third kappa shape index (κ3) is 8.86. The molecule has 0 aromatic carbocycles. The van der Waals surface area contributed by atoms with Crippen molar-refractivity contribution in [2.45, 2.75) is 0 Å². The van der Waals surface area contributed by atoms with Crippen molar-refractivity contribution in [1.29, 1.82) is 0 Å². The third-order valence-electron chi connectivity index (χ3n) is 0. The van der Waals surface area contributed by atoms with Crippen LogP contribution in [-0.2, 0) is 5.48 Å². The topological polar surface area (TPSA) is 28.5 Å². The molecule has 0 saturated carbocycles. The van der Waals surface area contributed by atoms with Crippen molar-refractivity contribution in [3.05, 3.63) is 0 Å². The van der Waals surface area contributed by atoms with Crippen LogP contribution in [0.25, 0.3) is 0 Å². The van der Waals surface area contributed by atoms with Crippen molar-refractivity contribution in [2.24, 2.45) is 0 Å². The molecule has 0 heterocycles. The average molecular weight is 358 g/mol. The van der Waals surface area contributed by atoms with Gasteiger partial charge in [-0.05, 0) is 0 Å². The first kappa shape index (κ1) is 33.8. The fourth-order valence-corrected chi connectivity index (χ4v) is 0. The standard InChI is InChI=1S/Li.O.Pb.Te/q+1;-2;2*+2. The quantitative estimate of drug-likeness (QED) is 0.397. The SMILES string of the molecule is [Li+].[O-2].[Pb+2].[Te+2]. The summed E-state index contributed by atoms with van der Waals surface area (Å²) < 4.78 is 0. The second-order valence-electron chi connectivity index (χ2n) is 0. The molecule has 0 atom stereocenters. The van der Waals surface area contributed by atoms with E-state index in [0.29, 0.717) is 0 Å². The van der Waals surface area contributed by atoms with Crippen molar-refractivity contribution in [2.75, 3.05) is 0 Å². The molecule has 14 valence electrons. The first-order chi connectivity index (χ1) is 0. The molecule has 0 bridgehead atoms. The van der Waals surface area contributed by atoms with Crippen LogP contribution < -0.4 is 18.9 Å². The van der Waals surface area contributed by atoms with Gasteiger partial charge in [0.05, 0.1) is 0 Å². The fourth-order valence-electron chi connectivity index (χ4n) is 0. The minimum absolute atomic E-state index is 0. The largest absolute Gasteiger partial charge is 2.00 e. The van der Waals surface area contributed by atoms with Crippen molar-refractivity contribution in [3.8, 4) is 0 Å². The molecule has 0 aliphatic carbocycles. The Morgan fingerprint density at radius 1 is 1.00 bits per heavy atom. The molecule has 0 N–H and O–H groups in total. The van der Waals surface area contributed by atoms with E-state index in [4.69, 9.17) is 0 Å². The minimum Gasteiger partial charge on any atom is -2.00 e. The molecule has 4 heavy (non-hydrogen) atoms. The van der Waals surface area contributed by atoms with Crippen LogP contribution in [0.1, 0.15) is 0 Å². The molecule has 0 saturated heterocycles. The van der Waals surface area contributed by atoms with E-state index in [9.17, 15) is 0 Å². The summed E-state index contributed by atoms with van der Waals surface area (Å²) in [7, 11) is 0. The van der Waals surface area contributed by atoms with Crippen LogP contribution in [0.15, 0.2) is 0 Å². The number of rotatable bonds is 0. The molecule has 0 spiro atoms. The van der Waals surface area contributed by atoms with Crippen LogP contribution in [0, 0.1) is 0 Å². The molecule has 0 aliphatic heterocycles. The van der Waals surface area contributed by atoms with Gasteiger partial charge in [0.1, 0.15) is 0 Å². The van der Waals surface area contributed by atoms with E-state index in [1.807, 2.05) is 0 Å². The molecule has 0 aromatic heterocycles. The maximum absolute atomic E-state index is 0. The molecule has 0 aliphatic rings. The Morgan fingerprint density at radius 3 is 1.00 bits per heavy atom. The Labute approximate surface area is 74.3 Å². The fraction of sp³-hybridized carbons (Fsp3) is 0. The maximum Gasteiger partial charge on any atom is 2.00 e. The van der Waals surface area contributed by atoms with E-state index in [1.165, 1.54) is 0 Å². The Morgan fingerprint density at radius 2 is 1.00 bits per heavy atom. The Hall–Kier alpha value is 2.27. The summed E-state index contributed by atoms with van der Waals surface area (Å²) in [5, 5.41) is 0. The zero-order chi connectivity index (χ0) is 0. The molecule has 0 amide bonds. The van der Waals surface area contributed by atoms with E-state index < -0.39 is 0 Å². The van der Waals surface area contributed by atoms with Gasteiger partial charge in [-0.2, -0.15) is 0 Å². The average Bonchev–Trinajstić information content (AvgIpc) is 0. The Kier molecular flexibility index (Phi) is 158. The molecule has 1 nitrogen and oxygen atoms in total. The minimum atomic E-state index is 0. The van der Waals surface area contributed by atoms with Crippen LogP contribution in [-0.4, -0.2) is 51.0 Å². The van der Waals surface area contributed by atoms with Crippen molar-refractivity contribution >= 4 is 51.0 Å².